The van der Waals surface area contributed by atoms with Crippen LogP contribution in [0.2, 0.25) is 0 Å². The van der Waals surface area contributed by atoms with Gasteiger partial charge in [0.2, 0.25) is 0 Å². The molecule has 0 aromatic heterocycles. The van der Waals surface area contributed by atoms with Crippen molar-refractivity contribution in [2.24, 2.45) is 0 Å². The largest absolute Gasteiger partial charge is 0.465 e. The van der Waals surface area contributed by atoms with Gasteiger partial charge in [0.05, 0.1) is 6.54 Å². The van der Waals surface area contributed by atoms with E-state index in [4.69, 9.17) is 9.84 Å². The first-order chi connectivity index (χ1) is 5.18. The number of rotatable bonds is 0. The standard InChI is InChI=1S/C6H7NO4/c8-5-4-1-3(11-5)2-7(4)6(9)10/h3-4H,1-2H2,(H,9,10)/t3-,4-/m0/s1. The van der Waals surface area contributed by atoms with Crippen molar-refractivity contribution < 1.29 is 19.4 Å². The lowest BCUT2D eigenvalue weighted by Gasteiger charge is -2.22. The fourth-order valence-electron chi connectivity index (χ4n) is 1.56. The van der Waals surface area contributed by atoms with Crippen LogP contribution in [-0.4, -0.2) is 40.8 Å². The highest BCUT2D eigenvalue weighted by atomic mass is 16.6. The van der Waals surface area contributed by atoms with E-state index in [9.17, 15) is 9.59 Å². The van der Waals surface area contributed by atoms with Gasteiger partial charge in [0, 0.05) is 6.42 Å². The van der Waals surface area contributed by atoms with Gasteiger partial charge in [-0.2, -0.15) is 0 Å². The summed E-state index contributed by atoms with van der Waals surface area (Å²) < 4.78 is 4.80. The summed E-state index contributed by atoms with van der Waals surface area (Å²) in [4.78, 5) is 22.4. The molecule has 0 unspecified atom stereocenters. The average Bonchev–Trinajstić information content (AvgIpc) is 2.43. The second-order valence-electron chi connectivity index (χ2n) is 2.75. The van der Waals surface area contributed by atoms with Crippen molar-refractivity contribution in [3.8, 4) is 0 Å². The Balaban J connectivity index is 2.18. The summed E-state index contributed by atoms with van der Waals surface area (Å²) in [7, 11) is 0. The molecule has 1 amide bonds. The Morgan fingerprint density at radius 3 is 2.82 bits per heavy atom. The topological polar surface area (TPSA) is 66.8 Å². The van der Waals surface area contributed by atoms with Crippen LogP contribution < -0.4 is 0 Å². The molecular formula is C6H7NO4. The van der Waals surface area contributed by atoms with Crippen LogP contribution in [0.3, 0.4) is 0 Å². The van der Waals surface area contributed by atoms with E-state index in [2.05, 4.69) is 0 Å². The van der Waals surface area contributed by atoms with E-state index in [-0.39, 0.29) is 6.10 Å². The van der Waals surface area contributed by atoms with E-state index in [1.165, 1.54) is 0 Å². The molecule has 2 fully saturated rings. The normalized spacial score (nSPS) is 34.2. The summed E-state index contributed by atoms with van der Waals surface area (Å²) in [6, 6.07) is -0.530. The molecule has 1 N–H and O–H groups in total. The second kappa shape index (κ2) is 1.87. The van der Waals surface area contributed by atoms with Gasteiger partial charge in [-0.15, -0.1) is 0 Å². The van der Waals surface area contributed by atoms with E-state index < -0.39 is 18.1 Å². The molecule has 0 radical (unpaired) electrons. The third-order valence-corrected chi connectivity index (χ3v) is 2.06. The first kappa shape index (κ1) is 6.45. The zero-order chi connectivity index (χ0) is 8.01. The number of carboxylic acid groups (broad SMARTS) is 1. The SMILES string of the molecule is O=C1O[C@H]2C[C@@H]1N(C(=O)O)C2. The maximum absolute atomic E-state index is 10.8. The number of amides is 1. The van der Waals surface area contributed by atoms with E-state index in [1.54, 1.807) is 0 Å². The lowest BCUT2D eigenvalue weighted by Crippen LogP contribution is -2.43. The third-order valence-electron chi connectivity index (χ3n) is 2.06. The van der Waals surface area contributed by atoms with Gasteiger partial charge in [0.25, 0.3) is 0 Å². The minimum absolute atomic E-state index is 0.191. The van der Waals surface area contributed by atoms with Crippen molar-refractivity contribution in [1.82, 2.24) is 4.90 Å². The first-order valence-corrected chi connectivity index (χ1v) is 3.38. The number of ether oxygens (including phenoxy) is 1. The van der Waals surface area contributed by atoms with Crippen molar-refractivity contribution >= 4 is 12.1 Å². The summed E-state index contributed by atoms with van der Waals surface area (Å²) in [6.07, 6.45) is -0.691. The number of esters is 1. The lowest BCUT2D eigenvalue weighted by atomic mass is 10.2. The van der Waals surface area contributed by atoms with Crippen LogP contribution in [0.4, 0.5) is 4.79 Å². The number of hydrogen-bond donors (Lipinski definition) is 1. The van der Waals surface area contributed by atoms with Gasteiger partial charge in [0.1, 0.15) is 12.1 Å². The zero-order valence-corrected chi connectivity index (χ0v) is 5.69. The molecular weight excluding hydrogens is 150 g/mol. The van der Waals surface area contributed by atoms with Crippen LogP contribution >= 0.6 is 0 Å². The molecule has 2 heterocycles. The van der Waals surface area contributed by atoms with Crippen LogP contribution in [-0.2, 0) is 9.53 Å². The van der Waals surface area contributed by atoms with Crippen LogP contribution in [0, 0.1) is 0 Å². The van der Waals surface area contributed by atoms with Crippen molar-refractivity contribution in [3.63, 3.8) is 0 Å². The van der Waals surface area contributed by atoms with Crippen LogP contribution in [0.5, 0.6) is 0 Å². The summed E-state index contributed by atoms with van der Waals surface area (Å²) >= 11 is 0. The molecule has 0 saturated carbocycles. The van der Waals surface area contributed by atoms with Gasteiger partial charge in [-0.3, -0.25) is 4.90 Å². The molecule has 2 saturated heterocycles. The molecule has 2 aliphatic rings. The summed E-state index contributed by atoms with van der Waals surface area (Å²) in [5.41, 5.74) is 0. The molecule has 0 spiro atoms. The molecule has 60 valence electrons. The molecule has 2 aliphatic heterocycles. The maximum Gasteiger partial charge on any atom is 0.408 e. The molecule has 0 aliphatic carbocycles. The summed E-state index contributed by atoms with van der Waals surface area (Å²) in [5, 5.41) is 8.57. The van der Waals surface area contributed by atoms with Gasteiger partial charge < -0.3 is 9.84 Å². The van der Waals surface area contributed by atoms with E-state index >= 15 is 0 Å². The molecule has 2 rings (SSSR count). The predicted octanol–water partition coefficient (Wildman–Crippen LogP) is -0.336. The van der Waals surface area contributed by atoms with Gasteiger partial charge in [0.15, 0.2) is 0 Å². The Morgan fingerprint density at radius 1 is 1.73 bits per heavy atom. The van der Waals surface area contributed by atoms with Crippen molar-refractivity contribution in [1.29, 1.82) is 0 Å². The van der Waals surface area contributed by atoms with Gasteiger partial charge in [-0.05, 0) is 0 Å². The number of nitrogens with zero attached hydrogens (tertiary/aromatic N) is 1. The molecule has 2 atom stereocenters. The fourth-order valence-corrected chi connectivity index (χ4v) is 1.56. The summed E-state index contributed by atoms with van der Waals surface area (Å²) in [5.74, 6) is -0.399. The van der Waals surface area contributed by atoms with Crippen LogP contribution in [0.1, 0.15) is 6.42 Å². The molecule has 0 aromatic rings. The average molecular weight is 157 g/mol. The summed E-state index contributed by atoms with van der Waals surface area (Å²) in [6.45, 7) is 0.339. The highest BCUT2D eigenvalue weighted by Gasteiger charge is 2.48. The Hall–Kier alpha value is -1.26. The highest BCUT2D eigenvalue weighted by molar-refractivity contribution is 5.84. The van der Waals surface area contributed by atoms with E-state index in [0.29, 0.717) is 13.0 Å². The first-order valence-electron chi connectivity index (χ1n) is 3.38. The lowest BCUT2D eigenvalue weighted by molar-refractivity contribution is -0.149. The monoisotopic (exact) mass is 157 g/mol. The Bertz CT molecular complexity index is 227. The van der Waals surface area contributed by atoms with Crippen molar-refractivity contribution in [2.45, 2.75) is 18.6 Å². The van der Waals surface area contributed by atoms with E-state index in [1.807, 2.05) is 0 Å². The fraction of sp³-hybridized carbons (Fsp3) is 0.667. The zero-order valence-electron chi connectivity index (χ0n) is 5.69. The maximum atomic E-state index is 10.8. The van der Waals surface area contributed by atoms with Gasteiger partial charge in [-0.1, -0.05) is 0 Å². The van der Waals surface area contributed by atoms with Gasteiger partial charge >= 0.3 is 12.1 Å². The molecule has 2 bridgehead atoms. The molecule has 11 heavy (non-hydrogen) atoms. The minimum atomic E-state index is -1.03. The Labute approximate surface area is 62.5 Å². The molecule has 5 nitrogen and oxygen atoms in total. The van der Waals surface area contributed by atoms with Crippen LogP contribution in [0.25, 0.3) is 0 Å². The van der Waals surface area contributed by atoms with Crippen LogP contribution in [0.15, 0.2) is 0 Å². The number of likely N-dealkylation sites (tertiary alicyclic amines) is 1. The second-order valence-corrected chi connectivity index (χ2v) is 2.75. The van der Waals surface area contributed by atoms with E-state index in [0.717, 1.165) is 4.90 Å². The van der Waals surface area contributed by atoms with Crippen molar-refractivity contribution in [2.75, 3.05) is 6.54 Å². The smallest absolute Gasteiger partial charge is 0.408 e. The Kier molecular flexibility index (Phi) is 1.10. The quantitative estimate of drug-likeness (QED) is 0.488. The number of carbonyl (C=O) groups is 2. The number of fused-ring (bicyclic) bond motifs is 2. The molecule has 0 aromatic carbocycles. The molecule has 5 heteroatoms. The Morgan fingerprint density at radius 2 is 2.45 bits per heavy atom. The highest BCUT2D eigenvalue weighted by Crippen LogP contribution is 2.28. The number of morpholine rings is 1. The van der Waals surface area contributed by atoms with Gasteiger partial charge in [-0.25, -0.2) is 9.59 Å². The minimum Gasteiger partial charge on any atom is -0.465 e. The predicted molar refractivity (Wildman–Crippen MR) is 33.0 cm³/mol. The number of hydrogen-bond acceptors (Lipinski definition) is 3. The third kappa shape index (κ3) is 0.768. The van der Waals surface area contributed by atoms with Crippen molar-refractivity contribution in [3.05, 3.63) is 0 Å². The number of carbonyl (C=O) groups excluding carboxylic acids is 1.